The first-order valence-electron chi connectivity index (χ1n) is 35.6. The second-order valence-corrected chi connectivity index (χ2v) is 27.1. The van der Waals surface area contributed by atoms with Gasteiger partial charge in [0.1, 0.15) is 5.82 Å². The normalized spacial score (nSPS) is 17.9. The van der Waals surface area contributed by atoms with Gasteiger partial charge in [0.25, 0.3) is 6.33 Å². The summed E-state index contributed by atoms with van der Waals surface area (Å²) >= 11 is 0. The second-order valence-electron chi connectivity index (χ2n) is 27.1. The number of aromatic nitrogens is 4. The molecule has 12 aromatic rings. The molecule has 0 unspecified atom stereocenters. The van der Waals surface area contributed by atoms with Crippen molar-refractivity contribution in [2.75, 3.05) is 0 Å². The Morgan fingerprint density at radius 2 is 1.12 bits per heavy atom. The van der Waals surface area contributed by atoms with Crippen molar-refractivity contribution in [2.45, 2.75) is 129 Å². The molecular formula is C80H72N4OPt-2. The molecule has 430 valence electrons. The summed E-state index contributed by atoms with van der Waals surface area (Å²) in [6.45, 7) is 22.6. The average molecular weight is 1310 g/mol. The van der Waals surface area contributed by atoms with Crippen LogP contribution in [0.15, 0.2) is 188 Å². The van der Waals surface area contributed by atoms with Gasteiger partial charge in [-0.1, -0.05) is 215 Å². The third-order valence-corrected chi connectivity index (χ3v) is 18.6. The van der Waals surface area contributed by atoms with E-state index in [1.165, 1.54) is 0 Å². The Bertz CT molecular complexity index is 5480. The van der Waals surface area contributed by atoms with E-state index < -0.39 is 64.0 Å². The van der Waals surface area contributed by atoms with E-state index in [0.29, 0.717) is 92.8 Å². The average Bonchev–Trinajstić information content (AvgIpc) is 1.10. The van der Waals surface area contributed by atoms with Crippen molar-refractivity contribution in [1.82, 2.24) is 14.1 Å². The number of para-hydroxylation sites is 2. The molecule has 4 heterocycles. The van der Waals surface area contributed by atoms with Gasteiger partial charge in [0, 0.05) is 49.8 Å². The summed E-state index contributed by atoms with van der Waals surface area (Å²) in [7, 11) is 0. The number of benzene rings is 9. The van der Waals surface area contributed by atoms with E-state index in [2.05, 4.69) is 62.0 Å². The Labute approximate surface area is 538 Å². The third-order valence-electron chi connectivity index (χ3n) is 18.6. The fraction of sp³-hybridized carbons (Fsp3) is 0.250. The number of ether oxygens (including phenoxy) is 1. The topological polar surface area (TPSA) is 35.9 Å². The van der Waals surface area contributed by atoms with E-state index in [-0.39, 0.29) is 101 Å². The van der Waals surface area contributed by atoms with E-state index in [9.17, 15) is 16.4 Å². The molecule has 0 amide bonds. The quantitative estimate of drug-likeness (QED) is 0.123. The molecule has 0 fully saturated rings. The molecule has 0 radical (unpaired) electrons. The van der Waals surface area contributed by atoms with Gasteiger partial charge in [0.15, 0.2) is 0 Å². The molecule has 3 aliphatic rings. The molecule has 6 heteroatoms. The van der Waals surface area contributed by atoms with Gasteiger partial charge in [0.2, 0.25) is 0 Å². The van der Waals surface area contributed by atoms with Crippen LogP contribution in [0.25, 0.3) is 106 Å². The van der Waals surface area contributed by atoms with Gasteiger partial charge in [-0.15, -0.1) is 29.7 Å². The summed E-state index contributed by atoms with van der Waals surface area (Å²) in [6.07, 6.45) is 8.10. The molecule has 3 aromatic heterocycles. The molecule has 15 rings (SSSR count). The Morgan fingerprint density at radius 1 is 0.535 bits per heavy atom. The SMILES string of the molecule is [2H]c1c([2H])c([2H])c2c(c1[2H])-c1ccccc1-c1cccc3c1[n+]([c-]n3-c1[c-]c(Oc3[c-]c4c(cc3)c3ccccc3n4-c3cc(C(C)(C)C)ccn3)ccc1)-c1c(-c3c([2H])c([2H])c4c(c3[2H])C(C)(C)CCC4(C)C)c([2H])c([2H])c(-c3c([2H])c([2H])c4c(c3[2H])C(C)(C)CCC4(C)C)c1-2.[Pt]. The molecule has 5 nitrogen and oxygen atoms in total. The van der Waals surface area contributed by atoms with Crippen LogP contribution in [0.2, 0.25) is 0 Å². The largest absolute Gasteiger partial charge is 0.510 e. The number of pyridine rings is 1. The van der Waals surface area contributed by atoms with E-state index >= 15 is 0 Å². The van der Waals surface area contributed by atoms with Crippen molar-refractivity contribution in [3.63, 3.8) is 0 Å². The van der Waals surface area contributed by atoms with Crippen molar-refractivity contribution in [1.29, 1.82) is 0 Å². The van der Waals surface area contributed by atoms with E-state index in [1.807, 2.05) is 134 Å². The first kappa shape index (κ1) is 43.5. The van der Waals surface area contributed by atoms with Crippen molar-refractivity contribution in [3.8, 4) is 84.3 Å². The number of nitrogens with zero attached hydrogens (tertiary/aromatic N) is 4. The van der Waals surface area contributed by atoms with Gasteiger partial charge < -0.3 is 13.9 Å². The molecule has 9 aromatic carbocycles. The maximum absolute atomic E-state index is 10.8. The van der Waals surface area contributed by atoms with Gasteiger partial charge in [0.05, 0.1) is 33.2 Å². The van der Waals surface area contributed by atoms with Gasteiger partial charge in [-0.05, 0) is 160 Å². The zero-order valence-corrected chi connectivity index (χ0v) is 52.6. The van der Waals surface area contributed by atoms with E-state index in [0.717, 1.165) is 33.2 Å². The monoisotopic (exact) mass is 1310 g/mol. The Hall–Kier alpha value is -8.11. The minimum Gasteiger partial charge on any atom is -0.510 e. The van der Waals surface area contributed by atoms with Crippen LogP contribution in [0.1, 0.15) is 146 Å². The van der Waals surface area contributed by atoms with Crippen LogP contribution >= 0.6 is 0 Å². The summed E-state index contributed by atoms with van der Waals surface area (Å²) in [5, 5.41) is 1.98. The number of rotatable bonds is 6. The summed E-state index contributed by atoms with van der Waals surface area (Å²) in [5.41, 5.74) is 3.93. The van der Waals surface area contributed by atoms with Gasteiger partial charge in [-0.2, -0.15) is 18.2 Å². The predicted octanol–water partition coefficient (Wildman–Crippen LogP) is 20.2. The van der Waals surface area contributed by atoms with Crippen LogP contribution in [0.4, 0.5) is 0 Å². The Morgan fingerprint density at radius 3 is 1.81 bits per heavy atom. The van der Waals surface area contributed by atoms with Crippen LogP contribution < -0.4 is 9.30 Å². The molecule has 86 heavy (non-hydrogen) atoms. The molecular weight excluding hydrogens is 1230 g/mol. The van der Waals surface area contributed by atoms with Crippen LogP contribution in [-0.2, 0) is 48.1 Å². The fourth-order valence-corrected chi connectivity index (χ4v) is 13.4. The molecule has 1 aliphatic heterocycles. The van der Waals surface area contributed by atoms with E-state index in [4.69, 9.17) is 9.72 Å². The molecule has 2 aliphatic carbocycles. The minimum atomic E-state index is -0.729. The molecule has 0 saturated heterocycles. The van der Waals surface area contributed by atoms with Crippen LogP contribution in [0.5, 0.6) is 11.5 Å². The maximum Gasteiger partial charge on any atom is 0.268 e. The number of imidazole rings is 1. The zero-order valence-electron chi connectivity index (χ0n) is 62.3. The van der Waals surface area contributed by atoms with Crippen molar-refractivity contribution >= 4 is 32.8 Å². The second kappa shape index (κ2) is 20.0. The van der Waals surface area contributed by atoms with Gasteiger partial charge in [-0.3, -0.25) is 4.57 Å². The Balaban J connectivity index is 0.00000821. The summed E-state index contributed by atoms with van der Waals surface area (Å²) in [5.74, 6) is 1.44. The van der Waals surface area contributed by atoms with Crippen molar-refractivity contribution in [2.24, 2.45) is 0 Å². The first-order chi connectivity index (χ1) is 45.8. The standard InChI is InChI=1S/C80H72N4O.Pt/c1-76(2,3)52-38-43-81-72(46-52)84-69-28-17-16-25-61(69)62-33-32-55(48-71(62)84)85-54-21-18-20-53(47-54)82-49-83-74-64(27-19-29-70(74)82)60-24-13-12-22-58(60)59-23-14-15-26-63(59)73-56(50-30-36-65-67(44-50)79(8,9)41-39-77(65,4)5)34-35-57(75(73)83)51-31-37-66-68(45-51)80(10,11)42-40-78(66,6)7;/h12-38,43-46H,39-42H2,1-11H3;/q-2;/i14D,15D,23D,26D,30D,31D,34D,35D,36D,37D,44D,45D;. The molecule has 0 N–H and O–H groups in total. The minimum absolute atomic E-state index is 0. The third kappa shape index (κ3) is 8.88. The summed E-state index contributed by atoms with van der Waals surface area (Å²) in [4.78, 5) is 4.88. The predicted molar refractivity (Wildman–Crippen MR) is 350 cm³/mol. The molecule has 0 atom stereocenters. The van der Waals surface area contributed by atoms with Gasteiger partial charge in [-0.25, -0.2) is 4.98 Å². The molecule has 0 bridgehead atoms. The summed E-state index contributed by atoms with van der Waals surface area (Å²) in [6, 6.07) is 37.2. The smallest absolute Gasteiger partial charge is 0.268 e. The van der Waals surface area contributed by atoms with Crippen molar-refractivity contribution < 1.29 is 46.8 Å². The number of fused-ring (bicyclic) bond motifs is 12. The number of hydrogen-bond acceptors (Lipinski definition) is 2. The van der Waals surface area contributed by atoms with Crippen LogP contribution in [-0.4, -0.2) is 14.1 Å². The maximum atomic E-state index is 10.8. The Kier molecular flexibility index (Phi) is 10.1. The summed E-state index contributed by atoms with van der Waals surface area (Å²) < 4.78 is 135. The number of hydrogen-bond donors (Lipinski definition) is 0. The van der Waals surface area contributed by atoms with Crippen LogP contribution in [0.3, 0.4) is 0 Å². The van der Waals surface area contributed by atoms with E-state index in [1.54, 1.807) is 27.3 Å². The van der Waals surface area contributed by atoms with Crippen molar-refractivity contribution in [3.05, 3.63) is 234 Å². The molecule has 0 saturated carbocycles. The molecule has 0 spiro atoms. The fourth-order valence-electron chi connectivity index (χ4n) is 13.4. The first-order valence-corrected chi connectivity index (χ1v) is 29.6. The van der Waals surface area contributed by atoms with Gasteiger partial charge >= 0.3 is 0 Å². The zero-order chi connectivity index (χ0) is 69.0. The van der Waals surface area contributed by atoms with Crippen LogP contribution in [0, 0.1) is 18.5 Å².